The van der Waals surface area contributed by atoms with Crippen LogP contribution in [0, 0.1) is 18.2 Å². The lowest BCUT2D eigenvalue weighted by atomic mass is 9.68. The number of hydrogen-bond donors (Lipinski definition) is 1. The number of aromatic nitrogens is 1. The Morgan fingerprint density at radius 1 is 1.14 bits per heavy atom. The molecule has 2 fully saturated rings. The van der Waals surface area contributed by atoms with Crippen LogP contribution in [-0.2, 0) is 11.3 Å². The van der Waals surface area contributed by atoms with Crippen molar-refractivity contribution < 1.29 is 23.6 Å². The molecular weight excluding hydrogens is 449 g/mol. The van der Waals surface area contributed by atoms with E-state index in [-0.39, 0.29) is 29.9 Å². The highest BCUT2D eigenvalue weighted by atomic mass is 19.1. The Bertz CT molecular complexity index is 1200. The monoisotopic (exact) mass is 477 g/mol. The first-order valence-corrected chi connectivity index (χ1v) is 11.9. The van der Waals surface area contributed by atoms with Gasteiger partial charge in [0, 0.05) is 25.7 Å². The van der Waals surface area contributed by atoms with Gasteiger partial charge in [-0.1, -0.05) is 47.6 Å². The van der Waals surface area contributed by atoms with E-state index in [0.717, 1.165) is 11.1 Å². The number of likely N-dealkylation sites (tertiary alicyclic amines) is 2. The highest BCUT2D eigenvalue weighted by Crippen LogP contribution is 2.47. The molecule has 1 N–H and O–H groups in total. The molecule has 0 bridgehead atoms. The standard InChI is InChI=1S/C27H28FN3O4/c1-18-15-23(35-29-18)25(33)30-13-11-27(12-14-30)16-22(32)24(20-5-3-2-4-6-20)31(26(27)34)17-19-7-9-21(28)10-8-19/h2-10,15,22,24,32H,11-14,16-17H2,1H3/t22-,24+/m1/s1. The van der Waals surface area contributed by atoms with Crippen molar-refractivity contribution in [2.24, 2.45) is 5.41 Å². The fourth-order valence-electron chi connectivity index (χ4n) is 5.42. The van der Waals surface area contributed by atoms with Gasteiger partial charge in [-0.15, -0.1) is 0 Å². The Labute approximate surface area is 203 Å². The second-order valence-electron chi connectivity index (χ2n) is 9.59. The number of piperidine rings is 2. The summed E-state index contributed by atoms with van der Waals surface area (Å²) in [5.74, 6) is -0.428. The molecule has 3 heterocycles. The van der Waals surface area contributed by atoms with Gasteiger partial charge in [-0.05, 0) is 49.4 Å². The van der Waals surface area contributed by atoms with Gasteiger partial charge in [0.2, 0.25) is 11.7 Å². The van der Waals surface area contributed by atoms with Gasteiger partial charge in [0.25, 0.3) is 5.91 Å². The van der Waals surface area contributed by atoms with E-state index in [1.165, 1.54) is 12.1 Å². The van der Waals surface area contributed by atoms with E-state index < -0.39 is 17.6 Å². The van der Waals surface area contributed by atoms with Crippen molar-refractivity contribution in [3.05, 3.63) is 89.1 Å². The number of halogens is 1. The maximum absolute atomic E-state index is 14.1. The number of carbonyl (C=O) groups is 2. The summed E-state index contributed by atoms with van der Waals surface area (Å²) >= 11 is 0. The molecule has 2 aliphatic rings. The molecule has 182 valence electrons. The Hall–Kier alpha value is -3.52. The predicted octanol–water partition coefficient (Wildman–Crippen LogP) is 3.88. The molecule has 1 aromatic heterocycles. The van der Waals surface area contributed by atoms with Crippen LogP contribution in [0.5, 0.6) is 0 Å². The highest BCUT2D eigenvalue weighted by Gasteiger charge is 2.52. The van der Waals surface area contributed by atoms with Crippen LogP contribution in [0.1, 0.15) is 52.7 Å². The molecule has 2 atom stereocenters. The van der Waals surface area contributed by atoms with Crippen LogP contribution in [-0.4, -0.2) is 51.1 Å². The van der Waals surface area contributed by atoms with Gasteiger partial charge in [0.15, 0.2) is 0 Å². The Morgan fingerprint density at radius 2 is 1.83 bits per heavy atom. The summed E-state index contributed by atoms with van der Waals surface area (Å²) in [6.45, 7) is 2.79. The van der Waals surface area contributed by atoms with Crippen LogP contribution in [0.4, 0.5) is 4.39 Å². The van der Waals surface area contributed by atoms with Gasteiger partial charge < -0.3 is 19.4 Å². The average Bonchev–Trinajstić information content (AvgIpc) is 3.30. The normalized spacial score (nSPS) is 22.0. The first-order chi connectivity index (χ1) is 16.9. The molecule has 35 heavy (non-hydrogen) atoms. The van der Waals surface area contributed by atoms with Crippen molar-refractivity contribution in [3.63, 3.8) is 0 Å². The third kappa shape index (κ3) is 4.46. The van der Waals surface area contributed by atoms with Gasteiger partial charge in [0.05, 0.1) is 23.3 Å². The Kier molecular flexibility index (Phi) is 6.15. The molecule has 0 aliphatic carbocycles. The first kappa shape index (κ1) is 23.2. The fraction of sp³-hybridized carbons (Fsp3) is 0.370. The number of nitrogens with zero attached hydrogens (tertiary/aromatic N) is 3. The topological polar surface area (TPSA) is 86.9 Å². The van der Waals surface area contributed by atoms with E-state index in [9.17, 15) is 19.1 Å². The van der Waals surface area contributed by atoms with Crippen LogP contribution in [0.3, 0.4) is 0 Å². The Balaban J connectivity index is 1.40. The molecule has 5 rings (SSSR count). The highest BCUT2D eigenvalue weighted by molar-refractivity contribution is 5.92. The SMILES string of the molecule is Cc1cc(C(=O)N2CCC3(CC2)C[C@@H](O)[C@H](c2ccccc2)N(Cc2ccc(F)cc2)C3=O)on1. The van der Waals surface area contributed by atoms with E-state index in [1.54, 1.807) is 34.9 Å². The van der Waals surface area contributed by atoms with Crippen molar-refractivity contribution in [2.45, 2.75) is 44.9 Å². The number of rotatable bonds is 4. The fourth-order valence-corrected chi connectivity index (χ4v) is 5.42. The zero-order valence-corrected chi connectivity index (χ0v) is 19.6. The van der Waals surface area contributed by atoms with Crippen molar-refractivity contribution >= 4 is 11.8 Å². The van der Waals surface area contributed by atoms with E-state index in [0.29, 0.717) is 38.0 Å². The molecule has 7 nitrogen and oxygen atoms in total. The van der Waals surface area contributed by atoms with Crippen molar-refractivity contribution in [1.82, 2.24) is 15.0 Å². The number of carbonyl (C=O) groups excluding carboxylic acids is 2. The molecule has 0 radical (unpaired) electrons. The molecular formula is C27H28FN3O4. The van der Waals surface area contributed by atoms with Crippen LogP contribution in [0.15, 0.2) is 65.2 Å². The summed E-state index contributed by atoms with van der Waals surface area (Å²) in [4.78, 5) is 30.3. The van der Waals surface area contributed by atoms with E-state index in [1.807, 2.05) is 30.3 Å². The van der Waals surface area contributed by atoms with Gasteiger partial charge in [-0.3, -0.25) is 9.59 Å². The first-order valence-electron chi connectivity index (χ1n) is 11.9. The molecule has 2 aliphatic heterocycles. The summed E-state index contributed by atoms with van der Waals surface area (Å²) in [7, 11) is 0. The number of aliphatic hydroxyl groups excluding tert-OH is 1. The maximum Gasteiger partial charge on any atom is 0.292 e. The largest absolute Gasteiger partial charge is 0.391 e. The van der Waals surface area contributed by atoms with Gasteiger partial charge in [-0.25, -0.2) is 4.39 Å². The second-order valence-corrected chi connectivity index (χ2v) is 9.59. The molecule has 8 heteroatoms. The quantitative estimate of drug-likeness (QED) is 0.616. The summed E-state index contributed by atoms with van der Waals surface area (Å²) in [6.07, 6.45) is 0.455. The van der Waals surface area contributed by atoms with Crippen LogP contribution < -0.4 is 0 Å². The zero-order valence-electron chi connectivity index (χ0n) is 19.6. The van der Waals surface area contributed by atoms with Gasteiger partial charge >= 0.3 is 0 Å². The molecule has 2 saturated heterocycles. The minimum absolute atomic E-state index is 0.0383. The van der Waals surface area contributed by atoms with E-state index in [4.69, 9.17) is 4.52 Å². The molecule has 2 amide bonds. The summed E-state index contributed by atoms with van der Waals surface area (Å²) in [6, 6.07) is 16.7. The van der Waals surface area contributed by atoms with Gasteiger partial charge in [-0.2, -0.15) is 0 Å². The van der Waals surface area contributed by atoms with Crippen molar-refractivity contribution in [3.8, 4) is 0 Å². The molecule has 3 aromatic rings. The summed E-state index contributed by atoms with van der Waals surface area (Å²) in [5.41, 5.74) is 1.52. The minimum Gasteiger partial charge on any atom is -0.391 e. The maximum atomic E-state index is 14.1. The van der Waals surface area contributed by atoms with Crippen molar-refractivity contribution in [1.29, 1.82) is 0 Å². The van der Waals surface area contributed by atoms with Crippen molar-refractivity contribution in [2.75, 3.05) is 13.1 Å². The van der Waals surface area contributed by atoms with Crippen LogP contribution >= 0.6 is 0 Å². The smallest absolute Gasteiger partial charge is 0.292 e. The lowest BCUT2D eigenvalue weighted by molar-refractivity contribution is -0.164. The van der Waals surface area contributed by atoms with Gasteiger partial charge in [0.1, 0.15) is 5.82 Å². The lowest BCUT2D eigenvalue weighted by Crippen LogP contribution is -2.58. The van der Waals surface area contributed by atoms with Crippen LogP contribution in [0.25, 0.3) is 0 Å². The zero-order chi connectivity index (χ0) is 24.6. The molecule has 1 spiro atoms. The minimum atomic E-state index is -0.769. The number of aliphatic hydroxyl groups is 1. The number of aryl methyl sites for hydroxylation is 1. The van der Waals surface area contributed by atoms with E-state index in [2.05, 4.69) is 5.16 Å². The number of benzene rings is 2. The number of hydrogen-bond acceptors (Lipinski definition) is 5. The summed E-state index contributed by atoms with van der Waals surface area (Å²) < 4.78 is 18.6. The summed E-state index contributed by atoms with van der Waals surface area (Å²) in [5, 5.41) is 15.1. The Morgan fingerprint density at radius 3 is 2.46 bits per heavy atom. The van der Waals surface area contributed by atoms with Crippen LogP contribution in [0.2, 0.25) is 0 Å². The molecule has 2 aromatic carbocycles. The third-order valence-corrected chi connectivity index (χ3v) is 7.27. The molecule has 0 saturated carbocycles. The average molecular weight is 478 g/mol. The predicted molar refractivity (Wildman–Crippen MR) is 126 cm³/mol. The second kappa shape index (κ2) is 9.26. The third-order valence-electron chi connectivity index (χ3n) is 7.27. The van der Waals surface area contributed by atoms with E-state index >= 15 is 0 Å². The lowest BCUT2D eigenvalue weighted by Gasteiger charge is -2.51. The molecule has 0 unspecified atom stereocenters. The number of amides is 2.